The Morgan fingerprint density at radius 2 is 1.75 bits per heavy atom. The van der Waals surface area contributed by atoms with Crippen LogP contribution in [-0.4, -0.2) is 52.0 Å². The lowest BCUT2D eigenvalue weighted by molar-refractivity contribution is -0.260. The molecule has 1 fully saturated rings. The van der Waals surface area contributed by atoms with Crippen LogP contribution in [0.1, 0.15) is 72.6 Å². The maximum absolute atomic E-state index is 6.35. The van der Waals surface area contributed by atoms with Crippen LogP contribution in [0.25, 0.3) is 0 Å². The van der Waals surface area contributed by atoms with Crippen LogP contribution in [0.5, 0.6) is 0 Å². The fourth-order valence-corrected chi connectivity index (χ4v) is 3.93. The van der Waals surface area contributed by atoms with E-state index in [1.807, 2.05) is 20.1 Å². The Morgan fingerprint density at radius 1 is 1.00 bits per heavy atom. The summed E-state index contributed by atoms with van der Waals surface area (Å²) in [5.41, 5.74) is 0. The van der Waals surface area contributed by atoms with Gasteiger partial charge in [0.25, 0.3) is 0 Å². The number of hydrogen-bond acceptors (Lipinski definition) is 5. The van der Waals surface area contributed by atoms with Gasteiger partial charge < -0.3 is 23.7 Å². The van der Waals surface area contributed by atoms with E-state index in [9.17, 15) is 0 Å². The number of methoxy groups -OCH3 is 2. The van der Waals surface area contributed by atoms with E-state index in [0.717, 1.165) is 12.8 Å². The van der Waals surface area contributed by atoms with Gasteiger partial charge in [0.1, 0.15) is 0 Å². The third-order valence-corrected chi connectivity index (χ3v) is 5.75. The van der Waals surface area contributed by atoms with Crippen LogP contribution >= 0.6 is 0 Å². The zero-order valence-corrected chi connectivity index (χ0v) is 19.0. The molecule has 0 amide bonds. The molecule has 1 aliphatic heterocycles. The Balaban J connectivity index is 2.50. The second kappa shape index (κ2) is 15.3. The lowest BCUT2D eigenvalue weighted by atomic mass is 9.85. The summed E-state index contributed by atoms with van der Waals surface area (Å²) in [5, 5.41) is 0. The van der Waals surface area contributed by atoms with Crippen molar-refractivity contribution in [3.05, 3.63) is 12.3 Å². The van der Waals surface area contributed by atoms with Gasteiger partial charge in [-0.25, -0.2) is 0 Å². The van der Waals surface area contributed by atoms with Crippen LogP contribution in [0.2, 0.25) is 0 Å². The minimum atomic E-state index is -0.311. The number of hydrogen-bond donors (Lipinski definition) is 0. The van der Waals surface area contributed by atoms with Crippen LogP contribution in [0.4, 0.5) is 0 Å². The summed E-state index contributed by atoms with van der Waals surface area (Å²) in [5.74, 6) is 0.393. The molecule has 0 aromatic carbocycles. The highest BCUT2D eigenvalue weighted by molar-refractivity contribution is 4.87. The second-order valence-electron chi connectivity index (χ2n) is 8.01. The minimum absolute atomic E-state index is 0.0294. The zero-order valence-electron chi connectivity index (χ0n) is 19.0. The molecule has 0 saturated carbocycles. The summed E-state index contributed by atoms with van der Waals surface area (Å²) >= 11 is 0. The Hall–Kier alpha value is -0.620. The predicted molar refractivity (Wildman–Crippen MR) is 113 cm³/mol. The Morgan fingerprint density at radius 3 is 2.39 bits per heavy atom. The molecule has 5 heteroatoms. The lowest BCUT2D eigenvalue weighted by Crippen LogP contribution is -2.52. The molecule has 28 heavy (non-hydrogen) atoms. The highest BCUT2D eigenvalue weighted by Crippen LogP contribution is 2.33. The van der Waals surface area contributed by atoms with Crippen LogP contribution in [-0.2, 0) is 23.7 Å². The Kier molecular flexibility index (Phi) is 13.8. The lowest BCUT2D eigenvalue weighted by Gasteiger charge is -2.43. The van der Waals surface area contributed by atoms with E-state index >= 15 is 0 Å². The van der Waals surface area contributed by atoms with Crippen molar-refractivity contribution >= 4 is 0 Å². The van der Waals surface area contributed by atoms with E-state index in [4.69, 9.17) is 23.7 Å². The molecule has 1 rings (SSSR count). The SMILES string of the molecule is C/C=C\O[C@H]1OC(COC)[C@@H](C)[C@H](OCC[C@@H](CCCCCCC)OC)[C@H]1C. The highest BCUT2D eigenvalue weighted by Gasteiger charge is 2.43. The van der Waals surface area contributed by atoms with Crippen molar-refractivity contribution in [2.75, 3.05) is 27.4 Å². The molecule has 1 saturated heterocycles. The van der Waals surface area contributed by atoms with Crippen LogP contribution in [0, 0.1) is 11.8 Å². The smallest absolute Gasteiger partial charge is 0.204 e. The largest absolute Gasteiger partial charge is 0.472 e. The summed E-state index contributed by atoms with van der Waals surface area (Å²) < 4.78 is 29.3. The fraction of sp³-hybridized carbons (Fsp3) is 0.913. The first-order valence-corrected chi connectivity index (χ1v) is 11.1. The molecule has 0 spiro atoms. The van der Waals surface area contributed by atoms with Gasteiger partial charge in [0, 0.05) is 32.7 Å². The van der Waals surface area contributed by atoms with Crippen LogP contribution in [0.3, 0.4) is 0 Å². The van der Waals surface area contributed by atoms with Crippen molar-refractivity contribution in [2.45, 2.75) is 97.2 Å². The molecule has 0 bridgehead atoms. The molecule has 0 N–H and O–H groups in total. The third-order valence-electron chi connectivity index (χ3n) is 5.75. The third kappa shape index (κ3) is 8.81. The van der Waals surface area contributed by atoms with E-state index in [0.29, 0.717) is 13.2 Å². The molecule has 1 heterocycles. The fourth-order valence-electron chi connectivity index (χ4n) is 3.93. The topological polar surface area (TPSA) is 46.2 Å². The van der Waals surface area contributed by atoms with Crippen molar-refractivity contribution in [3.63, 3.8) is 0 Å². The van der Waals surface area contributed by atoms with Gasteiger partial charge in [-0.15, -0.1) is 0 Å². The van der Waals surface area contributed by atoms with Gasteiger partial charge in [-0.1, -0.05) is 59.0 Å². The number of ether oxygens (including phenoxy) is 5. The first-order valence-electron chi connectivity index (χ1n) is 11.1. The molecule has 0 aliphatic carbocycles. The highest BCUT2D eigenvalue weighted by atomic mass is 16.7. The maximum atomic E-state index is 6.35. The molecule has 1 aliphatic rings. The normalized spacial score (nSPS) is 29.3. The van der Waals surface area contributed by atoms with E-state index in [2.05, 4.69) is 20.8 Å². The van der Waals surface area contributed by atoms with Gasteiger partial charge in [0.2, 0.25) is 6.29 Å². The van der Waals surface area contributed by atoms with E-state index < -0.39 is 0 Å². The van der Waals surface area contributed by atoms with E-state index in [1.165, 1.54) is 32.1 Å². The molecule has 6 atom stereocenters. The van der Waals surface area contributed by atoms with Crippen molar-refractivity contribution < 1.29 is 23.7 Å². The standard InChI is InChI=1S/C23H44O5/c1-7-9-10-11-12-13-20(25-6)14-16-26-22-18(3)21(17-24-5)28-23(19(22)4)27-15-8-2/h8,15,18-23H,7,9-14,16-17H2,1-6H3/b15-8-/t18-,19-,20-,21?,22+,23+/m1/s1. The minimum Gasteiger partial charge on any atom is -0.472 e. The average molecular weight is 401 g/mol. The molecule has 0 aromatic rings. The van der Waals surface area contributed by atoms with Crippen LogP contribution < -0.4 is 0 Å². The number of allylic oxidation sites excluding steroid dienone is 1. The number of unbranched alkanes of at least 4 members (excludes halogenated alkanes) is 4. The molecule has 5 nitrogen and oxygen atoms in total. The van der Waals surface area contributed by atoms with Gasteiger partial charge in [0.15, 0.2) is 0 Å². The Bertz CT molecular complexity index is 400. The van der Waals surface area contributed by atoms with Gasteiger partial charge in [-0.3, -0.25) is 0 Å². The van der Waals surface area contributed by atoms with Gasteiger partial charge in [-0.05, 0) is 19.8 Å². The van der Waals surface area contributed by atoms with E-state index in [-0.39, 0.29) is 36.4 Å². The monoisotopic (exact) mass is 400 g/mol. The van der Waals surface area contributed by atoms with Crippen molar-refractivity contribution in [1.82, 2.24) is 0 Å². The first kappa shape index (κ1) is 25.4. The average Bonchev–Trinajstić information content (AvgIpc) is 2.70. The molecular weight excluding hydrogens is 356 g/mol. The maximum Gasteiger partial charge on any atom is 0.204 e. The zero-order chi connectivity index (χ0) is 20.8. The second-order valence-corrected chi connectivity index (χ2v) is 8.01. The van der Waals surface area contributed by atoms with Crippen LogP contribution in [0.15, 0.2) is 12.3 Å². The molecule has 0 radical (unpaired) electrons. The molecule has 166 valence electrons. The predicted octanol–water partition coefficient (Wildman–Crippen LogP) is 5.33. The van der Waals surface area contributed by atoms with Gasteiger partial charge in [-0.2, -0.15) is 0 Å². The van der Waals surface area contributed by atoms with Crippen molar-refractivity contribution in [3.8, 4) is 0 Å². The van der Waals surface area contributed by atoms with Gasteiger partial charge >= 0.3 is 0 Å². The van der Waals surface area contributed by atoms with Crippen molar-refractivity contribution in [2.24, 2.45) is 11.8 Å². The number of rotatable bonds is 15. The summed E-state index contributed by atoms with van der Waals surface area (Å²) in [6.45, 7) is 9.74. The first-order chi connectivity index (χ1) is 13.6. The van der Waals surface area contributed by atoms with Crippen molar-refractivity contribution in [1.29, 1.82) is 0 Å². The molecule has 1 unspecified atom stereocenters. The summed E-state index contributed by atoms with van der Waals surface area (Å²) in [4.78, 5) is 0. The van der Waals surface area contributed by atoms with E-state index in [1.54, 1.807) is 13.4 Å². The summed E-state index contributed by atoms with van der Waals surface area (Å²) in [7, 11) is 3.52. The quantitative estimate of drug-likeness (QED) is 0.275. The molecular formula is C23H44O5. The van der Waals surface area contributed by atoms with Gasteiger partial charge in [0.05, 0.1) is 31.2 Å². The molecule has 0 aromatic heterocycles. The summed E-state index contributed by atoms with van der Waals surface area (Å²) in [6, 6.07) is 0. The Labute approximate surface area is 173 Å². The summed E-state index contributed by atoms with van der Waals surface area (Å²) in [6.07, 6.45) is 12.1.